The summed E-state index contributed by atoms with van der Waals surface area (Å²) in [5, 5.41) is 3.92. The number of anilines is 1. The average Bonchev–Trinajstić information content (AvgIpc) is 3.39. The Balaban J connectivity index is 1.86. The number of amides is 2. The lowest BCUT2D eigenvalue weighted by Gasteiger charge is -2.19. The second-order valence-corrected chi connectivity index (χ2v) is 6.75. The van der Waals surface area contributed by atoms with Gasteiger partial charge in [0.05, 0.1) is 0 Å². The Morgan fingerprint density at radius 3 is 2.68 bits per heavy atom. The minimum Gasteiger partial charge on any atom is -0.489 e. The van der Waals surface area contributed by atoms with E-state index < -0.39 is 0 Å². The number of rotatable bonds is 5. The standard InChI is InChI=1S/C20H25N3O2/c1-13-7-10-19(14(2)11-13)25-12-17-16(15-8-9-15)5-4-6-18(17)22-20(24)23(3)21/h4-7,10-11,15H,8-9,12,21H2,1-3H3,(H,22,24). The predicted molar refractivity (Wildman–Crippen MR) is 99.6 cm³/mol. The van der Waals surface area contributed by atoms with Crippen LogP contribution in [0.2, 0.25) is 0 Å². The SMILES string of the molecule is Cc1ccc(OCc2c(NC(=O)N(C)N)cccc2C2CC2)c(C)c1. The molecule has 0 aromatic heterocycles. The van der Waals surface area contributed by atoms with Crippen molar-refractivity contribution in [1.29, 1.82) is 0 Å². The quantitative estimate of drug-likeness (QED) is 0.490. The van der Waals surface area contributed by atoms with E-state index in [1.807, 2.05) is 31.2 Å². The molecule has 1 aliphatic rings. The van der Waals surface area contributed by atoms with E-state index in [1.165, 1.54) is 31.0 Å². The van der Waals surface area contributed by atoms with Crippen LogP contribution in [-0.2, 0) is 6.61 Å². The highest BCUT2D eigenvalue weighted by Crippen LogP contribution is 2.43. The third-order valence-corrected chi connectivity index (χ3v) is 4.49. The van der Waals surface area contributed by atoms with Crippen LogP contribution in [0.15, 0.2) is 36.4 Å². The summed E-state index contributed by atoms with van der Waals surface area (Å²) >= 11 is 0. The number of nitrogens with one attached hydrogen (secondary N) is 1. The van der Waals surface area contributed by atoms with Crippen LogP contribution in [0.3, 0.4) is 0 Å². The Morgan fingerprint density at radius 2 is 2.04 bits per heavy atom. The average molecular weight is 339 g/mol. The largest absolute Gasteiger partial charge is 0.489 e. The molecular weight excluding hydrogens is 314 g/mol. The molecule has 5 nitrogen and oxygen atoms in total. The van der Waals surface area contributed by atoms with E-state index in [1.54, 1.807) is 0 Å². The molecule has 0 bridgehead atoms. The summed E-state index contributed by atoms with van der Waals surface area (Å²) in [5.74, 6) is 6.96. The van der Waals surface area contributed by atoms with Gasteiger partial charge in [0.2, 0.25) is 0 Å². The van der Waals surface area contributed by atoms with Gasteiger partial charge in [0.15, 0.2) is 0 Å². The van der Waals surface area contributed by atoms with E-state index in [9.17, 15) is 4.79 Å². The van der Waals surface area contributed by atoms with E-state index in [4.69, 9.17) is 10.6 Å². The maximum absolute atomic E-state index is 12.0. The summed E-state index contributed by atoms with van der Waals surface area (Å²) in [6, 6.07) is 11.8. The van der Waals surface area contributed by atoms with Crippen LogP contribution < -0.4 is 15.9 Å². The third kappa shape index (κ3) is 4.12. The normalized spacial score (nSPS) is 13.4. The number of carbonyl (C=O) groups excluding carboxylic acids is 1. The van der Waals surface area contributed by atoms with Gasteiger partial charge in [-0.2, -0.15) is 0 Å². The zero-order valence-corrected chi connectivity index (χ0v) is 15.0. The topological polar surface area (TPSA) is 67.6 Å². The molecule has 2 aromatic rings. The van der Waals surface area contributed by atoms with Gasteiger partial charge >= 0.3 is 6.03 Å². The molecule has 5 heteroatoms. The first-order valence-corrected chi connectivity index (χ1v) is 8.57. The van der Waals surface area contributed by atoms with Crippen LogP contribution in [0.5, 0.6) is 5.75 Å². The third-order valence-electron chi connectivity index (χ3n) is 4.49. The summed E-state index contributed by atoms with van der Waals surface area (Å²) in [6.07, 6.45) is 2.37. The van der Waals surface area contributed by atoms with Gasteiger partial charge in [0.25, 0.3) is 0 Å². The number of urea groups is 1. The minimum atomic E-state index is -0.347. The van der Waals surface area contributed by atoms with E-state index >= 15 is 0 Å². The van der Waals surface area contributed by atoms with Crippen molar-refractivity contribution >= 4 is 11.7 Å². The number of carbonyl (C=O) groups is 1. The van der Waals surface area contributed by atoms with Crippen LogP contribution in [0.4, 0.5) is 10.5 Å². The fourth-order valence-corrected chi connectivity index (χ4v) is 2.97. The van der Waals surface area contributed by atoms with Gasteiger partial charge < -0.3 is 10.1 Å². The number of ether oxygens (including phenoxy) is 1. The Morgan fingerprint density at radius 1 is 1.28 bits per heavy atom. The molecule has 3 N–H and O–H groups in total. The number of hydrogen-bond acceptors (Lipinski definition) is 3. The lowest BCUT2D eigenvalue weighted by atomic mass is 10.0. The van der Waals surface area contributed by atoms with Gasteiger partial charge in [-0.25, -0.2) is 10.6 Å². The number of aryl methyl sites for hydroxylation is 2. The Hall–Kier alpha value is -2.53. The molecule has 0 spiro atoms. The van der Waals surface area contributed by atoms with Gasteiger partial charge in [-0.1, -0.05) is 29.8 Å². The number of hydrazine groups is 1. The number of nitrogens with two attached hydrogens (primary N) is 1. The van der Waals surface area contributed by atoms with Gasteiger partial charge in [-0.05, 0) is 55.9 Å². The molecule has 25 heavy (non-hydrogen) atoms. The molecule has 1 fully saturated rings. The summed E-state index contributed by atoms with van der Waals surface area (Å²) in [5.41, 5.74) is 5.36. The summed E-state index contributed by atoms with van der Waals surface area (Å²) in [6.45, 7) is 4.53. The lowest BCUT2D eigenvalue weighted by molar-refractivity contribution is 0.223. The van der Waals surface area contributed by atoms with Gasteiger partial charge in [-0.3, -0.25) is 5.01 Å². The van der Waals surface area contributed by atoms with Gasteiger partial charge in [0.1, 0.15) is 12.4 Å². The smallest absolute Gasteiger partial charge is 0.335 e. The minimum absolute atomic E-state index is 0.347. The van der Waals surface area contributed by atoms with E-state index in [0.29, 0.717) is 12.5 Å². The molecule has 0 radical (unpaired) electrons. The van der Waals surface area contributed by atoms with Crippen molar-refractivity contribution in [3.63, 3.8) is 0 Å². The van der Waals surface area contributed by atoms with Crippen LogP contribution in [0.25, 0.3) is 0 Å². The van der Waals surface area contributed by atoms with Crippen LogP contribution in [-0.4, -0.2) is 18.1 Å². The van der Waals surface area contributed by atoms with Crippen molar-refractivity contribution < 1.29 is 9.53 Å². The molecule has 1 aliphatic carbocycles. The Kier molecular flexibility index (Phi) is 4.95. The van der Waals surface area contributed by atoms with Gasteiger partial charge in [0, 0.05) is 18.3 Å². The second kappa shape index (κ2) is 7.15. The summed E-state index contributed by atoms with van der Waals surface area (Å²) in [7, 11) is 1.52. The lowest BCUT2D eigenvalue weighted by Crippen LogP contribution is -2.37. The zero-order valence-electron chi connectivity index (χ0n) is 15.0. The van der Waals surface area contributed by atoms with E-state index in [-0.39, 0.29) is 6.03 Å². The monoisotopic (exact) mass is 339 g/mol. The molecule has 132 valence electrons. The number of hydrogen-bond donors (Lipinski definition) is 2. The van der Waals surface area contributed by atoms with Crippen LogP contribution in [0, 0.1) is 13.8 Å². The first kappa shape index (κ1) is 17.3. The molecule has 0 heterocycles. The maximum Gasteiger partial charge on any atom is 0.335 e. The number of nitrogens with zero attached hydrogens (tertiary/aromatic N) is 1. The second-order valence-electron chi connectivity index (χ2n) is 6.75. The fourth-order valence-electron chi connectivity index (χ4n) is 2.97. The maximum atomic E-state index is 12.0. The van der Waals surface area contributed by atoms with Gasteiger partial charge in [-0.15, -0.1) is 0 Å². The molecule has 2 amide bonds. The fraction of sp³-hybridized carbons (Fsp3) is 0.350. The Bertz CT molecular complexity index is 783. The Labute approximate surface area is 148 Å². The summed E-state index contributed by atoms with van der Waals surface area (Å²) in [4.78, 5) is 12.0. The van der Waals surface area contributed by atoms with Crippen molar-refractivity contribution in [2.45, 2.75) is 39.2 Å². The molecule has 1 saturated carbocycles. The van der Waals surface area contributed by atoms with E-state index in [2.05, 4.69) is 24.4 Å². The molecule has 0 aliphatic heterocycles. The van der Waals surface area contributed by atoms with Crippen molar-refractivity contribution in [1.82, 2.24) is 5.01 Å². The van der Waals surface area contributed by atoms with Crippen LogP contribution >= 0.6 is 0 Å². The van der Waals surface area contributed by atoms with Crippen molar-refractivity contribution in [2.75, 3.05) is 12.4 Å². The molecule has 2 aromatic carbocycles. The van der Waals surface area contributed by atoms with Crippen LogP contribution in [0.1, 0.15) is 41.0 Å². The predicted octanol–water partition coefficient (Wildman–Crippen LogP) is 4.10. The summed E-state index contributed by atoms with van der Waals surface area (Å²) < 4.78 is 6.08. The first-order valence-electron chi connectivity index (χ1n) is 8.57. The molecule has 3 rings (SSSR count). The number of benzene rings is 2. The van der Waals surface area contributed by atoms with E-state index in [0.717, 1.165) is 27.6 Å². The van der Waals surface area contributed by atoms with Crippen molar-refractivity contribution in [3.05, 3.63) is 58.7 Å². The highest BCUT2D eigenvalue weighted by Gasteiger charge is 2.27. The highest BCUT2D eigenvalue weighted by atomic mass is 16.5. The molecule has 0 atom stereocenters. The molecule has 0 saturated heterocycles. The highest BCUT2D eigenvalue weighted by molar-refractivity contribution is 5.89. The molecular formula is C20H25N3O2. The molecule has 0 unspecified atom stereocenters. The zero-order chi connectivity index (χ0) is 18.0. The first-order chi connectivity index (χ1) is 12.0. The van der Waals surface area contributed by atoms with Crippen molar-refractivity contribution in [3.8, 4) is 5.75 Å². The van der Waals surface area contributed by atoms with Crippen molar-refractivity contribution in [2.24, 2.45) is 5.84 Å².